The van der Waals surface area contributed by atoms with E-state index in [1.54, 1.807) is 31.5 Å². The van der Waals surface area contributed by atoms with E-state index in [2.05, 4.69) is 26.2 Å². The molecule has 0 atom stereocenters. The summed E-state index contributed by atoms with van der Waals surface area (Å²) < 4.78 is 11.1. The van der Waals surface area contributed by atoms with E-state index in [4.69, 9.17) is 9.47 Å². The summed E-state index contributed by atoms with van der Waals surface area (Å²) in [6.07, 6.45) is 1.63. The van der Waals surface area contributed by atoms with Crippen LogP contribution in [-0.4, -0.2) is 25.1 Å². The molecule has 0 saturated heterocycles. The van der Waals surface area contributed by atoms with E-state index < -0.39 is 0 Å². The maximum atomic E-state index is 12.2. The SMILES string of the molecule is COc1ccc(OC)c(C(=O)Nc2ncc(Br)s2)c1. The van der Waals surface area contributed by atoms with Gasteiger partial charge in [-0.3, -0.25) is 10.1 Å². The maximum Gasteiger partial charge on any atom is 0.261 e. The zero-order valence-electron chi connectivity index (χ0n) is 10.3. The van der Waals surface area contributed by atoms with Gasteiger partial charge in [-0.25, -0.2) is 4.98 Å². The number of thiazole rings is 1. The normalized spacial score (nSPS) is 10.1. The zero-order chi connectivity index (χ0) is 13.8. The molecule has 2 aromatic rings. The Bertz CT molecular complexity index is 600. The van der Waals surface area contributed by atoms with Gasteiger partial charge in [-0.05, 0) is 34.1 Å². The molecule has 1 heterocycles. The van der Waals surface area contributed by atoms with Crippen LogP contribution >= 0.6 is 27.3 Å². The molecular weight excluding hydrogens is 332 g/mol. The Morgan fingerprint density at radius 3 is 2.74 bits per heavy atom. The van der Waals surface area contributed by atoms with Crippen LogP contribution in [-0.2, 0) is 0 Å². The number of amides is 1. The lowest BCUT2D eigenvalue weighted by Gasteiger charge is -2.09. The molecule has 1 aromatic carbocycles. The minimum atomic E-state index is -0.294. The molecule has 0 aliphatic rings. The van der Waals surface area contributed by atoms with Crippen LogP contribution in [0.3, 0.4) is 0 Å². The van der Waals surface area contributed by atoms with E-state index in [0.717, 1.165) is 3.79 Å². The van der Waals surface area contributed by atoms with Crippen molar-refractivity contribution in [3.8, 4) is 11.5 Å². The second-order valence-corrected chi connectivity index (χ2v) is 5.90. The highest BCUT2D eigenvalue weighted by molar-refractivity contribution is 9.11. The van der Waals surface area contributed by atoms with Gasteiger partial charge < -0.3 is 9.47 Å². The molecule has 2 rings (SSSR count). The molecular formula is C12H11BrN2O3S. The first kappa shape index (κ1) is 13.8. The van der Waals surface area contributed by atoms with Gasteiger partial charge in [0.05, 0.1) is 29.8 Å². The molecule has 1 N–H and O–H groups in total. The molecule has 7 heteroatoms. The van der Waals surface area contributed by atoms with E-state index in [1.807, 2.05) is 0 Å². The van der Waals surface area contributed by atoms with Crippen molar-refractivity contribution in [3.05, 3.63) is 33.7 Å². The third kappa shape index (κ3) is 3.24. The summed E-state index contributed by atoms with van der Waals surface area (Å²) in [6.45, 7) is 0. The maximum absolute atomic E-state index is 12.2. The number of carbonyl (C=O) groups excluding carboxylic acids is 1. The number of hydrogen-bond acceptors (Lipinski definition) is 5. The van der Waals surface area contributed by atoms with Gasteiger partial charge in [-0.1, -0.05) is 11.3 Å². The molecule has 1 aromatic heterocycles. The van der Waals surface area contributed by atoms with Gasteiger partial charge in [0.1, 0.15) is 11.5 Å². The summed E-state index contributed by atoms with van der Waals surface area (Å²) in [5, 5.41) is 3.22. The number of nitrogens with zero attached hydrogens (tertiary/aromatic N) is 1. The van der Waals surface area contributed by atoms with Crippen molar-refractivity contribution >= 4 is 38.3 Å². The zero-order valence-corrected chi connectivity index (χ0v) is 12.7. The average Bonchev–Trinajstić information content (AvgIpc) is 2.83. The van der Waals surface area contributed by atoms with E-state index in [9.17, 15) is 4.79 Å². The number of nitrogens with one attached hydrogen (secondary N) is 1. The van der Waals surface area contributed by atoms with Crippen molar-refractivity contribution in [2.45, 2.75) is 0 Å². The van der Waals surface area contributed by atoms with E-state index in [-0.39, 0.29) is 5.91 Å². The van der Waals surface area contributed by atoms with Crippen molar-refractivity contribution in [2.75, 3.05) is 19.5 Å². The standard InChI is InChI=1S/C12H11BrN2O3S/c1-17-7-3-4-9(18-2)8(5-7)11(16)15-12-14-6-10(13)19-12/h3-6H,1-2H3,(H,14,15,16). The Hall–Kier alpha value is -1.60. The molecule has 100 valence electrons. The minimum Gasteiger partial charge on any atom is -0.497 e. The number of methoxy groups -OCH3 is 2. The van der Waals surface area contributed by atoms with Crippen LogP contribution in [0.15, 0.2) is 28.2 Å². The van der Waals surface area contributed by atoms with Crippen molar-refractivity contribution in [1.82, 2.24) is 4.98 Å². The lowest BCUT2D eigenvalue weighted by atomic mass is 10.2. The molecule has 5 nitrogen and oxygen atoms in total. The van der Waals surface area contributed by atoms with Gasteiger partial charge in [-0.15, -0.1) is 0 Å². The van der Waals surface area contributed by atoms with Crippen LogP contribution in [0.4, 0.5) is 5.13 Å². The average molecular weight is 343 g/mol. The first-order valence-corrected chi connectivity index (χ1v) is 6.89. The summed E-state index contributed by atoms with van der Waals surface area (Å²) in [5.41, 5.74) is 0.396. The molecule has 19 heavy (non-hydrogen) atoms. The number of ether oxygens (including phenoxy) is 2. The topological polar surface area (TPSA) is 60.5 Å². The monoisotopic (exact) mass is 342 g/mol. The van der Waals surface area contributed by atoms with Gasteiger partial charge in [0.2, 0.25) is 0 Å². The third-order valence-electron chi connectivity index (χ3n) is 2.35. The highest BCUT2D eigenvalue weighted by Gasteiger charge is 2.15. The molecule has 0 aliphatic heterocycles. The Morgan fingerprint density at radius 2 is 2.16 bits per heavy atom. The highest BCUT2D eigenvalue weighted by Crippen LogP contribution is 2.27. The first-order chi connectivity index (χ1) is 9.13. The Balaban J connectivity index is 2.26. The van der Waals surface area contributed by atoms with Crippen LogP contribution in [0.1, 0.15) is 10.4 Å². The molecule has 0 radical (unpaired) electrons. The quantitative estimate of drug-likeness (QED) is 0.926. The number of carbonyl (C=O) groups is 1. The summed E-state index contributed by atoms with van der Waals surface area (Å²) in [7, 11) is 3.06. The number of anilines is 1. The fourth-order valence-electron chi connectivity index (χ4n) is 1.47. The van der Waals surface area contributed by atoms with Crippen molar-refractivity contribution in [1.29, 1.82) is 0 Å². The number of aromatic nitrogens is 1. The smallest absolute Gasteiger partial charge is 0.261 e. The summed E-state index contributed by atoms with van der Waals surface area (Å²) in [5.74, 6) is 0.776. The number of halogens is 1. The molecule has 0 saturated carbocycles. The second kappa shape index (κ2) is 6.03. The largest absolute Gasteiger partial charge is 0.497 e. The van der Waals surface area contributed by atoms with Gasteiger partial charge in [0, 0.05) is 0 Å². The van der Waals surface area contributed by atoms with Gasteiger partial charge in [0.15, 0.2) is 5.13 Å². The number of benzene rings is 1. The minimum absolute atomic E-state index is 0.294. The second-order valence-electron chi connectivity index (χ2n) is 3.49. The van der Waals surface area contributed by atoms with Crippen molar-refractivity contribution in [2.24, 2.45) is 0 Å². The molecule has 0 aliphatic carbocycles. The first-order valence-electron chi connectivity index (χ1n) is 5.28. The summed E-state index contributed by atoms with van der Waals surface area (Å²) >= 11 is 4.62. The predicted octanol–water partition coefficient (Wildman–Crippen LogP) is 3.18. The van der Waals surface area contributed by atoms with E-state index in [1.165, 1.54) is 18.4 Å². The number of rotatable bonds is 4. The molecule has 0 fully saturated rings. The molecule has 0 unspecified atom stereocenters. The summed E-state index contributed by atoms with van der Waals surface area (Å²) in [6, 6.07) is 5.04. The highest BCUT2D eigenvalue weighted by atomic mass is 79.9. The van der Waals surface area contributed by atoms with Crippen LogP contribution < -0.4 is 14.8 Å². The molecule has 0 bridgehead atoms. The van der Waals surface area contributed by atoms with E-state index in [0.29, 0.717) is 22.2 Å². The van der Waals surface area contributed by atoms with E-state index >= 15 is 0 Å². The predicted molar refractivity (Wildman–Crippen MR) is 77.3 cm³/mol. The van der Waals surface area contributed by atoms with Crippen LogP contribution in [0.25, 0.3) is 0 Å². The van der Waals surface area contributed by atoms with Crippen molar-refractivity contribution < 1.29 is 14.3 Å². The van der Waals surface area contributed by atoms with Gasteiger partial charge in [0.25, 0.3) is 5.91 Å². The van der Waals surface area contributed by atoms with Gasteiger partial charge >= 0.3 is 0 Å². The lowest BCUT2D eigenvalue weighted by molar-refractivity contribution is 0.102. The van der Waals surface area contributed by atoms with Crippen LogP contribution in [0.2, 0.25) is 0 Å². The van der Waals surface area contributed by atoms with Crippen LogP contribution in [0, 0.1) is 0 Å². The number of hydrogen-bond donors (Lipinski definition) is 1. The lowest BCUT2D eigenvalue weighted by Crippen LogP contribution is -2.13. The van der Waals surface area contributed by atoms with Gasteiger partial charge in [-0.2, -0.15) is 0 Å². The fraction of sp³-hybridized carbons (Fsp3) is 0.167. The van der Waals surface area contributed by atoms with Crippen LogP contribution in [0.5, 0.6) is 11.5 Å². The fourth-order valence-corrected chi connectivity index (χ4v) is 2.57. The summed E-state index contributed by atoms with van der Waals surface area (Å²) in [4.78, 5) is 16.2. The Morgan fingerprint density at radius 1 is 1.37 bits per heavy atom. The Kier molecular flexibility index (Phi) is 4.39. The molecule has 0 spiro atoms. The Labute approximate surface area is 122 Å². The molecule has 1 amide bonds. The van der Waals surface area contributed by atoms with Crippen molar-refractivity contribution in [3.63, 3.8) is 0 Å². The third-order valence-corrected chi connectivity index (χ3v) is 3.74.